The Balaban J connectivity index is 2.03. The van der Waals surface area contributed by atoms with Crippen molar-refractivity contribution in [3.05, 3.63) is 51.8 Å². The predicted octanol–water partition coefficient (Wildman–Crippen LogP) is 6.98. The van der Waals surface area contributed by atoms with Crippen LogP contribution in [0, 0.1) is 5.92 Å². The maximum atomic E-state index is 13.9. The van der Waals surface area contributed by atoms with Crippen molar-refractivity contribution in [3.8, 4) is 11.5 Å². The van der Waals surface area contributed by atoms with E-state index in [9.17, 15) is 23.2 Å². The Morgan fingerprint density at radius 3 is 2.25 bits per heavy atom. The van der Waals surface area contributed by atoms with Crippen LogP contribution in [0.15, 0.2) is 30.6 Å². The van der Waals surface area contributed by atoms with E-state index < -0.39 is 41.2 Å². The van der Waals surface area contributed by atoms with Crippen molar-refractivity contribution in [2.45, 2.75) is 89.9 Å². The molecule has 2 atom stereocenters. The summed E-state index contributed by atoms with van der Waals surface area (Å²) in [5.41, 5.74) is -0.0682. The molecule has 44 heavy (non-hydrogen) atoms. The predicted molar refractivity (Wildman–Crippen MR) is 162 cm³/mol. The molecule has 1 aromatic heterocycles. The molecule has 9 nitrogen and oxygen atoms in total. The minimum Gasteiger partial charge on any atom is -0.489 e. The zero-order valence-electron chi connectivity index (χ0n) is 25.3. The SMILES string of the molecule is CC(=O)SC(C)(C)C(NC(=O)OC(C)(C)C)C(=O)O[C@@H](Cc1c(Cl)c[nH+]cc1Cl)c1ccc(OC(F)F)c(OCC2CC2)c1. The van der Waals surface area contributed by atoms with Gasteiger partial charge in [0.15, 0.2) is 29.0 Å². The van der Waals surface area contributed by atoms with Crippen molar-refractivity contribution >= 4 is 52.1 Å². The number of carbonyl (C=O) groups is 3. The van der Waals surface area contributed by atoms with Crippen LogP contribution in [0.3, 0.4) is 0 Å². The second-order valence-electron chi connectivity index (χ2n) is 11.9. The smallest absolute Gasteiger partial charge is 0.408 e. The molecule has 1 heterocycles. The van der Waals surface area contributed by atoms with Crippen LogP contribution in [0.4, 0.5) is 13.6 Å². The van der Waals surface area contributed by atoms with Gasteiger partial charge in [-0.2, -0.15) is 8.78 Å². The van der Waals surface area contributed by atoms with E-state index in [2.05, 4.69) is 15.0 Å². The first kappa shape index (κ1) is 35.6. The van der Waals surface area contributed by atoms with Gasteiger partial charge < -0.3 is 24.3 Å². The topological polar surface area (TPSA) is 114 Å². The molecule has 1 saturated carbocycles. The average Bonchev–Trinajstić information content (AvgIpc) is 3.70. The van der Waals surface area contributed by atoms with Crippen LogP contribution in [0.25, 0.3) is 0 Å². The molecule has 2 aromatic rings. The van der Waals surface area contributed by atoms with Crippen molar-refractivity contribution in [3.63, 3.8) is 0 Å². The van der Waals surface area contributed by atoms with E-state index in [0.29, 0.717) is 23.7 Å². The van der Waals surface area contributed by atoms with E-state index in [0.717, 1.165) is 24.6 Å². The number of alkyl halides is 2. The molecule has 1 aromatic carbocycles. The number of alkyl carbamates (subject to hydrolysis) is 1. The minimum atomic E-state index is -3.09. The second-order valence-corrected chi connectivity index (χ2v) is 14.5. The lowest BCUT2D eigenvalue weighted by Crippen LogP contribution is -2.54. The summed E-state index contributed by atoms with van der Waals surface area (Å²) in [6.45, 7) is 6.78. The highest BCUT2D eigenvalue weighted by Gasteiger charge is 2.42. The largest absolute Gasteiger partial charge is 0.489 e. The van der Waals surface area contributed by atoms with E-state index in [1.165, 1.54) is 37.5 Å². The Bertz CT molecular complexity index is 1330. The van der Waals surface area contributed by atoms with Crippen LogP contribution in [0.2, 0.25) is 10.0 Å². The van der Waals surface area contributed by atoms with Gasteiger partial charge in [0.2, 0.25) is 0 Å². The Labute approximate surface area is 269 Å². The van der Waals surface area contributed by atoms with Crippen molar-refractivity contribution in [2.24, 2.45) is 5.92 Å². The highest BCUT2D eigenvalue weighted by atomic mass is 35.5. The van der Waals surface area contributed by atoms with Gasteiger partial charge in [0.1, 0.15) is 27.8 Å². The van der Waals surface area contributed by atoms with Gasteiger partial charge in [-0.25, -0.2) is 14.6 Å². The molecule has 242 valence electrons. The second kappa shape index (κ2) is 15.0. The summed E-state index contributed by atoms with van der Waals surface area (Å²) in [7, 11) is 0. The molecule has 1 aliphatic rings. The fourth-order valence-corrected chi connectivity index (χ4v) is 5.73. The van der Waals surface area contributed by atoms with Gasteiger partial charge in [-0.05, 0) is 71.1 Å². The lowest BCUT2D eigenvalue weighted by Gasteiger charge is -2.33. The van der Waals surface area contributed by atoms with Crippen LogP contribution in [0.5, 0.6) is 11.5 Å². The van der Waals surface area contributed by atoms with Crippen LogP contribution in [-0.2, 0) is 25.5 Å². The molecule has 0 saturated heterocycles. The monoisotopic (exact) mass is 677 g/mol. The zero-order valence-corrected chi connectivity index (χ0v) is 27.6. The Kier molecular flexibility index (Phi) is 12.1. The molecule has 14 heteroatoms. The third-order valence-electron chi connectivity index (χ3n) is 6.37. The van der Waals surface area contributed by atoms with Gasteiger partial charge in [0.25, 0.3) is 0 Å². The standard InChI is InChI=1S/C30H36Cl2F2N2O7S/c1-16(37)44-30(5,6)25(36-28(39)43-29(2,3)4)26(38)41-23(12-19-20(31)13-35-14-21(19)32)18-9-10-22(42-27(33)34)24(11-18)40-15-17-7-8-17/h9-11,13-14,17,23,25,27H,7-8,12,15H2,1-6H3,(H,36,39)/p+1/t23-,25?/m0/s1. The van der Waals surface area contributed by atoms with Crippen LogP contribution < -0.4 is 19.8 Å². The van der Waals surface area contributed by atoms with E-state index in [1.54, 1.807) is 34.6 Å². The van der Waals surface area contributed by atoms with Crippen molar-refractivity contribution in [1.82, 2.24) is 5.32 Å². The number of rotatable bonds is 13. The molecular formula is C30H37Cl2F2N2O7S+. The quantitative estimate of drug-likeness (QED) is 0.226. The summed E-state index contributed by atoms with van der Waals surface area (Å²) in [6.07, 6.45) is 2.93. The molecule has 0 spiro atoms. The first-order valence-corrected chi connectivity index (χ1v) is 15.5. The lowest BCUT2D eigenvalue weighted by molar-refractivity contribution is -0.377. The number of hydrogen-bond acceptors (Lipinski definition) is 8. The number of H-pyrrole nitrogens is 1. The summed E-state index contributed by atoms with van der Waals surface area (Å²) < 4.78 is 47.0. The summed E-state index contributed by atoms with van der Waals surface area (Å²) in [5.74, 6) is -0.707. The summed E-state index contributed by atoms with van der Waals surface area (Å²) in [4.78, 5) is 41.6. The van der Waals surface area contributed by atoms with Crippen molar-refractivity contribution in [1.29, 1.82) is 0 Å². The number of halogens is 4. The number of aromatic nitrogens is 1. The number of aromatic amines is 1. The third-order valence-corrected chi connectivity index (χ3v) is 8.09. The molecule has 0 bridgehead atoms. The van der Waals surface area contributed by atoms with Gasteiger partial charge >= 0.3 is 18.7 Å². The maximum Gasteiger partial charge on any atom is 0.408 e. The Morgan fingerprint density at radius 1 is 1.07 bits per heavy atom. The van der Waals surface area contributed by atoms with Gasteiger partial charge in [-0.1, -0.05) is 41.0 Å². The molecule has 0 radical (unpaired) electrons. The third kappa shape index (κ3) is 11.0. The number of carbonyl (C=O) groups excluding carboxylic acids is 3. The number of benzene rings is 1. The fraction of sp³-hybridized carbons (Fsp3) is 0.533. The van der Waals surface area contributed by atoms with Crippen LogP contribution in [-0.4, -0.2) is 46.8 Å². The van der Waals surface area contributed by atoms with Gasteiger partial charge in [-0.15, -0.1) is 0 Å². The molecule has 1 fully saturated rings. The van der Waals surface area contributed by atoms with E-state index in [1.807, 2.05) is 0 Å². The number of nitrogens with one attached hydrogen (secondary N) is 2. The molecule has 1 unspecified atom stereocenters. The van der Waals surface area contributed by atoms with Crippen molar-refractivity contribution in [2.75, 3.05) is 6.61 Å². The van der Waals surface area contributed by atoms with E-state index >= 15 is 0 Å². The number of ether oxygens (including phenoxy) is 4. The first-order chi connectivity index (χ1) is 20.4. The minimum absolute atomic E-state index is 0.0331. The van der Waals surface area contributed by atoms with Gasteiger partial charge in [0, 0.05) is 23.7 Å². The highest BCUT2D eigenvalue weighted by molar-refractivity contribution is 8.14. The maximum absolute atomic E-state index is 13.9. The number of pyridine rings is 1. The summed E-state index contributed by atoms with van der Waals surface area (Å²) in [5, 5.41) is 2.78. The highest BCUT2D eigenvalue weighted by Crippen LogP contribution is 2.38. The molecular weight excluding hydrogens is 641 g/mol. The van der Waals surface area contributed by atoms with Crippen molar-refractivity contribution < 1.29 is 47.1 Å². The number of esters is 1. The Morgan fingerprint density at radius 2 is 1.70 bits per heavy atom. The Hall–Kier alpha value is -2.83. The van der Waals surface area contributed by atoms with Gasteiger partial charge in [0.05, 0.1) is 6.61 Å². The molecule has 0 aliphatic heterocycles. The fourth-order valence-electron chi connectivity index (χ4n) is 4.19. The molecule has 3 rings (SSSR count). The molecule has 2 N–H and O–H groups in total. The van der Waals surface area contributed by atoms with Crippen LogP contribution in [0.1, 0.15) is 71.6 Å². The van der Waals surface area contributed by atoms with E-state index in [-0.39, 0.29) is 33.1 Å². The van der Waals surface area contributed by atoms with Crippen LogP contribution >= 0.6 is 35.0 Å². The lowest BCUT2D eigenvalue weighted by atomic mass is 10.00. The summed E-state index contributed by atoms with van der Waals surface area (Å²) >= 11 is 13.7. The average molecular weight is 679 g/mol. The number of amides is 1. The number of thioether (sulfide) groups is 1. The number of hydrogen-bond donors (Lipinski definition) is 1. The summed E-state index contributed by atoms with van der Waals surface area (Å²) in [6, 6.07) is 2.87. The normalized spacial score (nSPS) is 14.9. The molecule has 1 amide bonds. The van der Waals surface area contributed by atoms with E-state index in [4.69, 9.17) is 37.4 Å². The van der Waals surface area contributed by atoms with Gasteiger partial charge in [-0.3, -0.25) is 4.79 Å². The first-order valence-electron chi connectivity index (χ1n) is 13.9. The zero-order chi connectivity index (χ0) is 32.8. The molecule has 1 aliphatic carbocycles.